The molecule has 0 fully saturated rings. The Hall–Kier alpha value is -1.43. The van der Waals surface area contributed by atoms with E-state index in [1.165, 1.54) is 14.1 Å². The van der Waals surface area contributed by atoms with E-state index in [4.69, 9.17) is 5.73 Å². The highest BCUT2D eigenvalue weighted by molar-refractivity contribution is 7.89. The summed E-state index contributed by atoms with van der Waals surface area (Å²) in [5.41, 5.74) is 6.30. The molecule has 0 radical (unpaired) electrons. The number of aromatic nitrogens is 2. The van der Waals surface area contributed by atoms with E-state index >= 15 is 0 Å². The normalized spacial score (nSPS) is 11.9. The molecule has 0 aliphatic carbocycles. The van der Waals surface area contributed by atoms with E-state index in [0.717, 1.165) is 27.2 Å². The Morgan fingerprint density at radius 2 is 2.20 bits per heavy atom. The van der Waals surface area contributed by atoms with Gasteiger partial charge in [0.05, 0.1) is 6.54 Å². The summed E-state index contributed by atoms with van der Waals surface area (Å²) < 4.78 is 29.3. The van der Waals surface area contributed by atoms with Crippen LogP contribution in [0.15, 0.2) is 15.1 Å². The third-order valence-corrected chi connectivity index (χ3v) is 5.98. The van der Waals surface area contributed by atoms with Gasteiger partial charge in [-0.05, 0) is 11.5 Å². The Labute approximate surface area is 123 Å². The monoisotopic (exact) mass is 335 g/mol. The van der Waals surface area contributed by atoms with Gasteiger partial charge < -0.3 is 16.0 Å². The SMILES string of the molecule is CN(C)S(=O)(=O)c1c(N)nsc1NCc1csc(=O)[nH]1. The number of nitrogens with zero attached hydrogens (tertiary/aromatic N) is 2. The van der Waals surface area contributed by atoms with E-state index in [9.17, 15) is 13.2 Å². The van der Waals surface area contributed by atoms with Gasteiger partial charge in [0, 0.05) is 25.2 Å². The highest BCUT2D eigenvalue weighted by Crippen LogP contribution is 2.33. The second kappa shape index (κ2) is 5.52. The van der Waals surface area contributed by atoms with Gasteiger partial charge in [0.1, 0.15) is 5.00 Å². The van der Waals surface area contributed by atoms with Crippen molar-refractivity contribution in [1.82, 2.24) is 13.7 Å². The van der Waals surface area contributed by atoms with Crippen molar-refractivity contribution in [2.75, 3.05) is 25.1 Å². The van der Waals surface area contributed by atoms with Crippen molar-refractivity contribution in [2.24, 2.45) is 0 Å². The van der Waals surface area contributed by atoms with Gasteiger partial charge in [-0.1, -0.05) is 11.3 Å². The second-order valence-corrected chi connectivity index (χ2v) is 7.74. The smallest absolute Gasteiger partial charge is 0.304 e. The Kier molecular flexibility index (Phi) is 4.13. The lowest BCUT2D eigenvalue weighted by molar-refractivity contribution is 0.521. The van der Waals surface area contributed by atoms with Crippen LogP contribution in [0.5, 0.6) is 0 Å². The number of hydrogen-bond donors (Lipinski definition) is 3. The number of nitrogens with two attached hydrogens (primary N) is 1. The third kappa shape index (κ3) is 2.85. The number of hydrogen-bond acceptors (Lipinski definition) is 8. The largest absolute Gasteiger partial charge is 0.382 e. The zero-order chi connectivity index (χ0) is 14.9. The van der Waals surface area contributed by atoms with Crippen molar-refractivity contribution in [3.8, 4) is 0 Å². The predicted octanol–water partition coefficient (Wildman–Crippen LogP) is 0.338. The number of thiazole rings is 1. The minimum atomic E-state index is -3.67. The molecule has 2 aromatic rings. The first-order valence-corrected chi connectivity index (χ1v) is 8.50. The van der Waals surface area contributed by atoms with Crippen LogP contribution in [0, 0.1) is 0 Å². The lowest BCUT2D eigenvalue weighted by Crippen LogP contribution is -2.23. The number of rotatable bonds is 5. The Morgan fingerprint density at radius 3 is 2.75 bits per heavy atom. The molecule has 0 aliphatic rings. The second-order valence-electron chi connectivity index (χ2n) is 4.04. The summed E-state index contributed by atoms with van der Waals surface area (Å²) >= 11 is 2.01. The maximum absolute atomic E-state index is 12.2. The Balaban J connectivity index is 2.28. The molecule has 0 spiro atoms. The van der Waals surface area contributed by atoms with Gasteiger partial charge in [-0.2, -0.15) is 4.37 Å². The first kappa shape index (κ1) is 15.0. The van der Waals surface area contributed by atoms with E-state index in [2.05, 4.69) is 14.7 Å². The number of nitrogens with one attached hydrogen (secondary N) is 2. The van der Waals surface area contributed by atoms with E-state index < -0.39 is 10.0 Å². The van der Waals surface area contributed by atoms with Gasteiger partial charge in [-0.15, -0.1) is 0 Å². The maximum atomic E-state index is 12.2. The van der Waals surface area contributed by atoms with Crippen LogP contribution in [-0.2, 0) is 16.6 Å². The molecule has 2 rings (SSSR count). The lowest BCUT2D eigenvalue weighted by Gasteiger charge is -2.12. The average molecular weight is 335 g/mol. The van der Waals surface area contributed by atoms with E-state index in [1.807, 2.05) is 0 Å². The molecule has 0 bridgehead atoms. The molecule has 110 valence electrons. The minimum absolute atomic E-state index is 0.0370. The molecule has 0 saturated heterocycles. The summed E-state index contributed by atoms with van der Waals surface area (Å²) in [6.07, 6.45) is 0. The summed E-state index contributed by atoms with van der Waals surface area (Å²) in [6.45, 7) is 0.288. The van der Waals surface area contributed by atoms with Gasteiger partial charge in [-0.3, -0.25) is 4.79 Å². The van der Waals surface area contributed by atoms with Crippen LogP contribution in [0.3, 0.4) is 0 Å². The third-order valence-electron chi connectivity index (χ3n) is 2.42. The number of aromatic amines is 1. The molecule has 2 aromatic heterocycles. The van der Waals surface area contributed by atoms with Crippen LogP contribution in [0.1, 0.15) is 5.69 Å². The topological polar surface area (TPSA) is 121 Å². The number of nitrogen functional groups attached to an aromatic ring is 1. The fourth-order valence-corrected chi connectivity index (χ4v) is 4.07. The van der Waals surface area contributed by atoms with Crippen molar-refractivity contribution >= 4 is 43.7 Å². The molecular weight excluding hydrogens is 322 g/mol. The standard InChI is InChI=1S/C9H13N5O3S3/c1-14(2)20(16,17)6-7(10)13-19-8(6)11-3-5-4-18-9(15)12-5/h4,11H,3H2,1-2H3,(H2,10,13)(H,12,15). The first-order chi connectivity index (χ1) is 9.32. The van der Waals surface area contributed by atoms with Gasteiger partial charge in [0.15, 0.2) is 10.7 Å². The summed E-state index contributed by atoms with van der Waals surface area (Å²) in [6, 6.07) is 0. The molecule has 2 heterocycles. The fourth-order valence-electron chi connectivity index (χ4n) is 1.41. The molecule has 0 aromatic carbocycles. The highest BCUT2D eigenvalue weighted by Gasteiger charge is 2.27. The van der Waals surface area contributed by atoms with Crippen molar-refractivity contribution in [1.29, 1.82) is 0 Å². The molecule has 0 atom stereocenters. The first-order valence-electron chi connectivity index (χ1n) is 5.40. The predicted molar refractivity (Wildman–Crippen MR) is 79.7 cm³/mol. The average Bonchev–Trinajstić information content (AvgIpc) is 2.93. The summed E-state index contributed by atoms with van der Waals surface area (Å²) in [5.74, 6) is -0.0370. The van der Waals surface area contributed by atoms with Crippen LogP contribution >= 0.6 is 22.9 Å². The van der Waals surface area contributed by atoms with E-state index in [-0.39, 0.29) is 22.1 Å². The molecule has 0 unspecified atom stereocenters. The molecule has 8 nitrogen and oxygen atoms in total. The fraction of sp³-hybridized carbons (Fsp3) is 0.333. The Morgan fingerprint density at radius 1 is 1.50 bits per heavy atom. The summed E-state index contributed by atoms with van der Waals surface area (Å²) in [7, 11) is -0.823. The van der Waals surface area contributed by atoms with Gasteiger partial charge in [0.25, 0.3) is 0 Å². The molecule has 4 N–H and O–H groups in total. The quantitative estimate of drug-likeness (QED) is 0.724. The zero-order valence-electron chi connectivity index (χ0n) is 10.7. The lowest BCUT2D eigenvalue weighted by atomic mass is 10.5. The number of H-pyrrole nitrogens is 1. The molecule has 0 saturated carbocycles. The summed E-state index contributed by atoms with van der Waals surface area (Å²) in [5, 5.41) is 4.95. The van der Waals surface area contributed by atoms with Crippen LogP contribution in [0.2, 0.25) is 0 Å². The number of anilines is 2. The molecule has 11 heteroatoms. The number of sulfonamides is 1. The van der Waals surface area contributed by atoms with Crippen LogP contribution in [-0.4, -0.2) is 36.2 Å². The van der Waals surface area contributed by atoms with Crippen LogP contribution in [0.25, 0.3) is 0 Å². The Bertz CT molecular complexity index is 758. The highest BCUT2D eigenvalue weighted by atomic mass is 32.2. The van der Waals surface area contributed by atoms with Crippen molar-refractivity contribution in [2.45, 2.75) is 11.4 Å². The molecular formula is C9H13N5O3S3. The zero-order valence-corrected chi connectivity index (χ0v) is 13.2. The van der Waals surface area contributed by atoms with Crippen molar-refractivity contribution in [3.63, 3.8) is 0 Å². The van der Waals surface area contributed by atoms with Crippen LogP contribution < -0.4 is 15.9 Å². The van der Waals surface area contributed by atoms with E-state index in [0.29, 0.717) is 10.7 Å². The van der Waals surface area contributed by atoms with E-state index in [1.54, 1.807) is 5.38 Å². The maximum Gasteiger partial charge on any atom is 0.304 e. The minimum Gasteiger partial charge on any atom is -0.382 e. The van der Waals surface area contributed by atoms with Gasteiger partial charge in [-0.25, -0.2) is 12.7 Å². The summed E-state index contributed by atoms with van der Waals surface area (Å²) in [4.78, 5) is 13.5. The van der Waals surface area contributed by atoms with Gasteiger partial charge >= 0.3 is 4.87 Å². The molecule has 0 amide bonds. The van der Waals surface area contributed by atoms with Crippen LogP contribution in [0.4, 0.5) is 10.8 Å². The molecule has 0 aliphatic heterocycles. The molecule has 20 heavy (non-hydrogen) atoms. The van der Waals surface area contributed by atoms with Gasteiger partial charge in [0.2, 0.25) is 10.0 Å². The van der Waals surface area contributed by atoms with Crippen molar-refractivity contribution < 1.29 is 8.42 Å². The van der Waals surface area contributed by atoms with Crippen molar-refractivity contribution in [3.05, 3.63) is 20.7 Å².